The van der Waals surface area contributed by atoms with Gasteiger partial charge in [-0.2, -0.15) is 0 Å². The van der Waals surface area contributed by atoms with Crippen molar-refractivity contribution < 1.29 is 9.53 Å². The van der Waals surface area contributed by atoms with E-state index in [-0.39, 0.29) is 11.1 Å². The van der Waals surface area contributed by atoms with Crippen LogP contribution in [0.15, 0.2) is 30.3 Å². The molecule has 1 heterocycles. The van der Waals surface area contributed by atoms with Crippen LogP contribution in [0.1, 0.15) is 21.6 Å². The number of carbonyl (C=O) groups is 1. The van der Waals surface area contributed by atoms with E-state index in [4.69, 9.17) is 16.3 Å². The summed E-state index contributed by atoms with van der Waals surface area (Å²) in [5, 5.41) is 3.01. The predicted octanol–water partition coefficient (Wildman–Crippen LogP) is 3.61. The lowest BCUT2D eigenvalue weighted by molar-refractivity contribution is 0.102. The molecule has 2 rings (SSSR count). The fourth-order valence-corrected chi connectivity index (χ4v) is 2.30. The molecule has 1 aromatic heterocycles. The third kappa shape index (κ3) is 3.08. The zero-order valence-electron chi connectivity index (χ0n) is 11.5. The Labute approximate surface area is 122 Å². The lowest BCUT2D eigenvalue weighted by Crippen LogP contribution is -2.15. The van der Waals surface area contributed by atoms with Crippen LogP contribution in [0.25, 0.3) is 0 Å². The van der Waals surface area contributed by atoms with Crippen LogP contribution < -0.4 is 10.1 Å². The molecule has 1 amide bonds. The number of aromatic nitrogens is 1. The second-order valence-corrected chi connectivity index (χ2v) is 4.79. The molecule has 20 heavy (non-hydrogen) atoms. The summed E-state index contributed by atoms with van der Waals surface area (Å²) in [7, 11) is 1.59. The van der Waals surface area contributed by atoms with E-state index in [0.717, 1.165) is 17.0 Å². The number of ether oxygens (including phenoxy) is 1. The van der Waals surface area contributed by atoms with Crippen LogP contribution in [0.4, 0.5) is 5.69 Å². The van der Waals surface area contributed by atoms with Crippen molar-refractivity contribution in [1.29, 1.82) is 0 Å². The van der Waals surface area contributed by atoms with Gasteiger partial charge in [0, 0.05) is 11.4 Å². The van der Waals surface area contributed by atoms with E-state index < -0.39 is 0 Å². The van der Waals surface area contributed by atoms with Crippen LogP contribution >= 0.6 is 11.6 Å². The van der Waals surface area contributed by atoms with E-state index in [2.05, 4.69) is 10.3 Å². The fraction of sp³-hybridized carbons (Fsp3) is 0.200. The molecular weight excluding hydrogens is 276 g/mol. The monoisotopic (exact) mass is 290 g/mol. The van der Waals surface area contributed by atoms with E-state index in [1.165, 1.54) is 0 Å². The minimum atomic E-state index is -0.273. The lowest BCUT2D eigenvalue weighted by atomic mass is 10.1. The molecule has 4 nitrogen and oxygen atoms in total. The zero-order chi connectivity index (χ0) is 14.7. The highest BCUT2D eigenvalue weighted by Crippen LogP contribution is 2.21. The van der Waals surface area contributed by atoms with Gasteiger partial charge in [-0.25, -0.2) is 4.98 Å². The van der Waals surface area contributed by atoms with Crippen molar-refractivity contribution in [2.75, 3.05) is 12.4 Å². The molecule has 0 bridgehead atoms. The molecule has 0 radical (unpaired) electrons. The highest BCUT2D eigenvalue weighted by Gasteiger charge is 2.15. The molecule has 0 saturated carbocycles. The Morgan fingerprint density at radius 1 is 1.25 bits per heavy atom. The van der Waals surface area contributed by atoms with Crippen molar-refractivity contribution >= 4 is 23.2 Å². The fourth-order valence-electron chi connectivity index (χ4n) is 1.93. The van der Waals surface area contributed by atoms with E-state index in [1.807, 2.05) is 19.9 Å². The number of hydrogen-bond acceptors (Lipinski definition) is 3. The van der Waals surface area contributed by atoms with Crippen molar-refractivity contribution in [3.05, 3.63) is 52.3 Å². The standard InChI is InChI=1S/C15H15ClN2O2/c1-9-8-10(2)17-14(16)13(9)15(19)18-11-4-6-12(20-3)7-5-11/h4-8H,1-3H3,(H,18,19). The summed E-state index contributed by atoms with van der Waals surface area (Å²) in [4.78, 5) is 16.4. The van der Waals surface area contributed by atoms with Crippen molar-refractivity contribution in [1.82, 2.24) is 4.98 Å². The number of rotatable bonds is 3. The molecule has 0 unspecified atom stereocenters. The molecule has 0 atom stereocenters. The molecule has 1 aromatic carbocycles. The van der Waals surface area contributed by atoms with Gasteiger partial charge in [-0.05, 0) is 49.7 Å². The summed E-state index contributed by atoms with van der Waals surface area (Å²) in [6.07, 6.45) is 0. The first kappa shape index (κ1) is 14.3. The van der Waals surface area contributed by atoms with Gasteiger partial charge >= 0.3 is 0 Å². The number of nitrogens with zero attached hydrogens (tertiary/aromatic N) is 1. The first-order valence-corrected chi connectivity index (χ1v) is 6.48. The molecule has 0 aliphatic rings. The number of carbonyl (C=O) groups excluding carboxylic acids is 1. The Kier molecular flexibility index (Phi) is 4.25. The van der Waals surface area contributed by atoms with Gasteiger partial charge in [-0.3, -0.25) is 4.79 Å². The third-order valence-corrected chi connectivity index (χ3v) is 3.15. The van der Waals surface area contributed by atoms with Crippen molar-refractivity contribution in [2.24, 2.45) is 0 Å². The SMILES string of the molecule is COc1ccc(NC(=O)c2c(C)cc(C)nc2Cl)cc1. The van der Waals surface area contributed by atoms with E-state index in [9.17, 15) is 4.79 Å². The molecule has 0 saturated heterocycles. The highest BCUT2D eigenvalue weighted by molar-refractivity contribution is 6.33. The number of amides is 1. The van der Waals surface area contributed by atoms with Gasteiger partial charge in [0.05, 0.1) is 12.7 Å². The Morgan fingerprint density at radius 2 is 1.90 bits per heavy atom. The normalized spacial score (nSPS) is 10.2. The number of anilines is 1. The van der Waals surface area contributed by atoms with Crippen molar-refractivity contribution in [3.8, 4) is 5.75 Å². The van der Waals surface area contributed by atoms with Crippen molar-refractivity contribution in [3.63, 3.8) is 0 Å². The number of aryl methyl sites for hydroxylation is 2. The first-order chi connectivity index (χ1) is 9.51. The van der Waals surface area contributed by atoms with Crippen LogP contribution in [0.5, 0.6) is 5.75 Å². The molecule has 0 fully saturated rings. The Balaban J connectivity index is 2.23. The Hall–Kier alpha value is -2.07. The summed E-state index contributed by atoms with van der Waals surface area (Å²) in [6, 6.07) is 8.91. The van der Waals surface area contributed by atoms with Crippen LogP contribution in [0.3, 0.4) is 0 Å². The second kappa shape index (κ2) is 5.92. The predicted molar refractivity (Wildman–Crippen MR) is 79.7 cm³/mol. The lowest BCUT2D eigenvalue weighted by Gasteiger charge is -2.10. The Morgan fingerprint density at radius 3 is 2.45 bits per heavy atom. The zero-order valence-corrected chi connectivity index (χ0v) is 12.3. The number of halogens is 1. The second-order valence-electron chi connectivity index (χ2n) is 4.43. The molecule has 104 valence electrons. The maximum Gasteiger partial charge on any atom is 0.259 e. The number of methoxy groups -OCH3 is 1. The molecule has 0 aliphatic carbocycles. The van der Waals surface area contributed by atoms with Crippen LogP contribution in [0, 0.1) is 13.8 Å². The average Bonchev–Trinajstić information content (AvgIpc) is 2.38. The largest absolute Gasteiger partial charge is 0.497 e. The maximum atomic E-state index is 12.3. The minimum Gasteiger partial charge on any atom is -0.497 e. The average molecular weight is 291 g/mol. The molecule has 5 heteroatoms. The summed E-state index contributed by atoms with van der Waals surface area (Å²) in [5.41, 5.74) is 2.65. The first-order valence-electron chi connectivity index (χ1n) is 6.10. The van der Waals surface area contributed by atoms with E-state index >= 15 is 0 Å². The van der Waals surface area contributed by atoms with Gasteiger partial charge < -0.3 is 10.1 Å². The summed E-state index contributed by atoms with van der Waals surface area (Å²) in [6.45, 7) is 3.67. The highest BCUT2D eigenvalue weighted by atomic mass is 35.5. The summed E-state index contributed by atoms with van der Waals surface area (Å²) >= 11 is 6.05. The van der Waals surface area contributed by atoms with E-state index in [0.29, 0.717) is 11.3 Å². The number of benzene rings is 1. The minimum absolute atomic E-state index is 0.216. The maximum absolute atomic E-state index is 12.3. The topological polar surface area (TPSA) is 51.2 Å². The van der Waals surface area contributed by atoms with Gasteiger partial charge in [0.15, 0.2) is 0 Å². The third-order valence-electron chi connectivity index (χ3n) is 2.88. The van der Waals surface area contributed by atoms with Gasteiger partial charge in [0.25, 0.3) is 5.91 Å². The van der Waals surface area contributed by atoms with Crippen molar-refractivity contribution in [2.45, 2.75) is 13.8 Å². The molecule has 0 aliphatic heterocycles. The molecular formula is C15H15ClN2O2. The van der Waals surface area contributed by atoms with Crippen LogP contribution in [-0.2, 0) is 0 Å². The van der Waals surface area contributed by atoms with Crippen LogP contribution in [0.2, 0.25) is 5.15 Å². The number of nitrogens with one attached hydrogen (secondary N) is 1. The number of pyridine rings is 1. The summed E-state index contributed by atoms with van der Waals surface area (Å²) < 4.78 is 5.07. The summed E-state index contributed by atoms with van der Waals surface area (Å²) in [5.74, 6) is 0.458. The van der Waals surface area contributed by atoms with Gasteiger partial charge in [-0.1, -0.05) is 11.6 Å². The Bertz CT molecular complexity index is 616. The molecule has 0 spiro atoms. The van der Waals surface area contributed by atoms with Gasteiger partial charge in [-0.15, -0.1) is 0 Å². The van der Waals surface area contributed by atoms with Gasteiger partial charge in [0.2, 0.25) is 0 Å². The molecule has 2 aromatic rings. The molecule has 1 N–H and O–H groups in total. The quantitative estimate of drug-likeness (QED) is 0.879. The van der Waals surface area contributed by atoms with Crippen LogP contribution in [-0.4, -0.2) is 18.0 Å². The number of hydrogen-bond donors (Lipinski definition) is 1. The smallest absolute Gasteiger partial charge is 0.259 e. The van der Waals surface area contributed by atoms with E-state index in [1.54, 1.807) is 31.4 Å². The van der Waals surface area contributed by atoms with Gasteiger partial charge in [0.1, 0.15) is 10.9 Å².